The average molecular weight is 234 g/mol. The van der Waals surface area contributed by atoms with E-state index in [1.54, 1.807) is 6.92 Å². The second kappa shape index (κ2) is 3.67. The van der Waals surface area contributed by atoms with Gasteiger partial charge in [-0.15, -0.1) is 0 Å². The van der Waals surface area contributed by atoms with E-state index in [-0.39, 0.29) is 5.56 Å². The molecule has 2 rings (SSSR count). The predicted octanol–water partition coefficient (Wildman–Crippen LogP) is -0.106. The first-order valence-corrected chi connectivity index (χ1v) is 4.91. The minimum Gasteiger partial charge on any atom is -0.478 e. The molecule has 3 N–H and O–H groups in total. The van der Waals surface area contributed by atoms with Gasteiger partial charge in [0.15, 0.2) is 6.04 Å². The van der Waals surface area contributed by atoms with Crippen molar-refractivity contribution in [1.29, 1.82) is 0 Å². The van der Waals surface area contributed by atoms with Crippen LogP contribution in [0.4, 0.5) is 5.69 Å². The van der Waals surface area contributed by atoms with Crippen LogP contribution >= 0.6 is 0 Å². The van der Waals surface area contributed by atoms with Crippen LogP contribution in [0.1, 0.15) is 15.9 Å². The first kappa shape index (κ1) is 11.3. The molecule has 1 aliphatic rings. The number of aryl methyl sites for hydroxylation is 1. The van der Waals surface area contributed by atoms with Gasteiger partial charge in [0, 0.05) is 0 Å². The summed E-state index contributed by atoms with van der Waals surface area (Å²) in [5.74, 6) is -2.00. The number of benzene rings is 1. The van der Waals surface area contributed by atoms with E-state index < -0.39 is 23.8 Å². The van der Waals surface area contributed by atoms with Gasteiger partial charge in [-0.05, 0) is 30.7 Å². The third-order valence-corrected chi connectivity index (χ3v) is 2.67. The number of nitrogens with two attached hydrogens (primary N) is 1. The van der Waals surface area contributed by atoms with E-state index in [0.29, 0.717) is 11.3 Å². The molecule has 6 heteroatoms. The molecule has 0 atom stereocenters. The van der Waals surface area contributed by atoms with Crippen LogP contribution in [0.3, 0.4) is 0 Å². The molecule has 1 heterocycles. The van der Waals surface area contributed by atoms with Crippen LogP contribution in [0.5, 0.6) is 0 Å². The van der Waals surface area contributed by atoms with Crippen molar-refractivity contribution >= 4 is 23.5 Å². The smallest absolute Gasteiger partial charge is 0.335 e. The Labute approximate surface area is 96.6 Å². The lowest BCUT2D eigenvalue weighted by atomic mass is 10.0. The summed E-state index contributed by atoms with van der Waals surface area (Å²) in [6.45, 7) is 1.60. The number of amides is 2. The molecule has 2 amide bonds. The van der Waals surface area contributed by atoms with Crippen LogP contribution in [0.15, 0.2) is 18.2 Å². The molecule has 0 radical (unpaired) electrons. The molecule has 0 spiro atoms. The lowest BCUT2D eigenvalue weighted by Gasteiger charge is -2.33. The van der Waals surface area contributed by atoms with Crippen molar-refractivity contribution in [2.24, 2.45) is 5.73 Å². The second-order valence-electron chi connectivity index (χ2n) is 3.79. The van der Waals surface area contributed by atoms with Crippen molar-refractivity contribution in [3.8, 4) is 0 Å². The van der Waals surface area contributed by atoms with E-state index >= 15 is 0 Å². The van der Waals surface area contributed by atoms with Crippen molar-refractivity contribution in [3.05, 3.63) is 29.3 Å². The van der Waals surface area contributed by atoms with Crippen molar-refractivity contribution in [1.82, 2.24) is 0 Å². The van der Waals surface area contributed by atoms with E-state index in [9.17, 15) is 14.4 Å². The third-order valence-electron chi connectivity index (χ3n) is 2.67. The molecular formula is C11H10N2O4. The summed E-state index contributed by atoms with van der Waals surface area (Å²) in [4.78, 5) is 34.5. The third kappa shape index (κ3) is 1.58. The topological polar surface area (TPSA) is 101 Å². The number of rotatable bonds is 2. The van der Waals surface area contributed by atoms with Crippen molar-refractivity contribution in [3.63, 3.8) is 0 Å². The molecule has 17 heavy (non-hydrogen) atoms. The van der Waals surface area contributed by atoms with Crippen LogP contribution < -0.4 is 10.6 Å². The van der Waals surface area contributed by atoms with E-state index in [4.69, 9.17) is 10.8 Å². The minimum absolute atomic E-state index is 0.137. The molecule has 1 aliphatic heterocycles. The van der Waals surface area contributed by atoms with Crippen LogP contribution in [0.25, 0.3) is 0 Å². The maximum Gasteiger partial charge on any atom is 0.335 e. The number of carbonyl (C=O) groups is 3. The normalized spacial score (nSPS) is 16.0. The fraction of sp³-hybridized carbons (Fsp3) is 0.182. The van der Waals surface area contributed by atoms with Gasteiger partial charge in [-0.25, -0.2) is 9.69 Å². The van der Waals surface area contributed by atoms with Gasteiger partial charge in [0.2, 0.25) is 0 Å². The molecule has 1 saturated heterocycles. The monoisotopic (exact) mass is 234 g/mol. The van der Waals surface area contributed by atoms with E-state index in [1.165, 1.54) is 18.2 Å². The standard InChI is InChI=1S/C11H10N2O4/c1-5-4-6(2-3-7(5)11(16)17)13-9(14)8(12)10(13)15/h2-4,8H,12H2,1H3,(H,16,17). The van der Waals surface area contributed by atoms with E-state index in [0.717, 1.165) is 4.90 Å². The summed E-state index contributed by atoms with van der Waals surface area (Å²) in [6.07, 6.45) is 0. The number of carbonyl (C=O) groups excluding carboxylic acids is 2. The Bertz CT molecular complexity index is 522. The first-order chi connectivity index (χ1) is 7.93. The summed E-state index contributed by atoms with van der Waals surface area (Å²) < 4.78 is 0. The van der Waals surface area contributed by atoms with Gasteiger partial charge in [0.1, 0.15) is 0 Å². The Hall–Kier alpha value is -2.21. The highest BCUT2D eigenvalue weighted by molar-refractivity contribution is 6.35. The maximum atomic E-state index is 11.4. The maximum absolute atomic E-state index is 11.4. The lowest BCUT2D eigenvalue weighted by Crippen LogP contribution is -2.66. The zero-order valence-corrected chi connectivity index (χ0v) is 9.01. The second-order valence-corrected chi connectivity index (χ2v) is 3.79. The van der Waals surface area contributed by atoms with E-state index in [1.807, 2.05) is 0 Å². The molecule has 1 fully saturated rings. The average Bonchev–Trinajstić information content (AvgIpc) is 2.28. The van der Waals surface area contributed by atoms with Crippen molar-refractivity contribution in [2.75, 3.05) is 4.90 Å². The Morgan fingerprint density at radius 3 is 2.41 bits per heavy atom. The summed E-state index contributed by atoms with van der Waals surface area (Å²) in [5.41, 5.74) is 6.25. The number of carboxylic acids is 1. The molecule has 0 aromatic heterocycles. The highest BCUT2D eigenvalue weighted by atomic mass is 16.4. The molecule has 0 bridgehead atoms. The molecular weight excluding hydrogens is 224 g/mol. The number of hydrogen-bond acceptors (Lipinski definition) is 4. The van der Waals surface area contributed by atoms with Crippen LogP contribution in [-0.2, 0) is 9.59 Å². The summed E-state index contributed by atoms with van der Waals surface area (Å²) in [6, 6.07) is 3.16. The van der Waals surface area contributed by atoms with Crippen LogP contribution in [0.2, 0.25) is 0 Å². The van der Waals surface area contributed by atoms with Crippen molar-refractivity contribution in [2.45, 2.75) is 13.0 Å². The summed E-state index contributed by atoms with van der Waals surface area (Å²) >= 11 is 0. The summed E-state index contributed by atoms with van der Waals surface area (Å²) in [5, 5.41) is 8.84. The van der Waals surface area contributed by atoms with Gasteiger partial charge in [-0.3, -0.25) is 9.59 Å². The number of carboxylic acid groups (broad SMARTS) is 1. The fourth-order valence-electron chi connectivity index (χ4n) is 1.71. The Balaban J connectivity index is 2.37. The Morgan fingerprint density at radius 2 is 1.94 bits per heavy atom. The molecule has 1 aromatic carbocycles. The molecule has 1 aromatic rings. The minimum atomic E-state index is -1.09. The SMILES string of the molecule is Cc1cc(N2C(=O)C(N)C2=O)ccc1C(=O)O. The lowest BCUT2D eigenvalue weighted by molar-refractivity contribution is -0.138. The molecule has 0 unspecified atom stereocenters. The fourth-order valence-corrected chi connectivity index (χ4v) is 1.71. The van der Waals surface area contributed by atoms with Gasteiger partial charge in [-0.2, -0.15) is 0 Å². The number of aromatic carboxylic acids is 1. The van der Waals surface area contributed by atoms with Gasteiger partial charge in [-0.1, -0.05) is 0 Å². The molecule has 0 aliphatic carbocycles. The number of nitrogens with zero attached hydrogens (tertiary/aromatic N) is 1. The van der Waals surface area contributed by atoms with Gasteiger partial charge in [0.25, 0.3) is 11.8 Å². The molecule has 0 saturated carbocycles. The number of anilines is 1. The van der Waals surface area contributed by atoms with Crippen LogP contribution in [-0.4, -0.2) is 28.9 Å². The highest BCUT2D eigenvalue weighted by Crippen LogP contribution is 2.25. The zero-order valence-electron chi connectivity index (χ0n) is 9.01. The zero-order chi connectivity index (χ0) is 12.7. The van der Waals surface area contributed by atoms with Crippen LogP contribution in [0, 0.1) is 6.92 Å². The Morgan fingerprint density at radius 1 is 1.35 bits per heavy atom. The van der Waals surface area contributed by atoms with Crippen molar-refractivity contribution < 1.29 is 19.5 Å². The van der Waals surface area contributed by atoms with E-state index in [2.05, 4.69) is 0 Å². The summed E-state index contributed by atoms with van der Waals surface area (Å²) in [7, 11) is 0. The highest BCUT2D eigenvalue weighted by Gasteiger charge is 2.45. The van der Waals surface area contributed by atoms with Gasteiger partial charge >= 0.3 is 5.97 Å². The molecule has 6 nitrogen and oxygen atoms in total. The quantitative estimate of drug-likeness (QED) is 0.549. The number of imide groups is 1. The Kier molecular flexibility index (Phi) is 2.44. The van der Waals surface area contributed by atoms with Gasteiger partial charge in [0.05, 0.1) is 11.3 Å². The predicted molar refractivity (Wildman–Crippen MR) is 58.6 cm³/mol. The van der Waals surface area contributed by atoms with Gasteiger partial charge < -0.3 is 10.8 Å². The first-order valence-electron chi connectivity index (χ1n) is 4.91. The number of β-lactam (4-membered cyclic amide) rings is 2. The molecule has 88 valence electrons. The number of hydrogen-bond donors (Lipinski definition) is 2. The largest absolute Gasteiger partial charge is 0.478 e.